The SMILES string of the molecule is CCNC(c1ccccc1F)c1ncccc1C. The Balaban J connectivity index is 2.47. The molecular weight excluding hydrogens is 227 g/mol. The normalized spacial score (nSPS) is 12.4. The van der Waals surface area contributed by atoms with Gasteiger partial charge in [0.1, 0.15) is 5.82 Å². The van der Waals surface area contributed by atoms with Crippen LogP contribution in [0.25, 0.3) is 0 Å². The van der Waals surface area contributed by atoms with Crippen molar-refractivity contribution in [3.63, 3.8) is 0 Å². The quantitative estimate of drug-likeness (QED) is 0.893. The second kappa shape index (κ2) is 5.74. The van der Waals surface area contributed by atoms with Crippen LogP contribution in [0.15, 0.2) is 42.6 Å². The zero-order chi connectivity index (χ0) is 13.0. The molecule has 2 nitrogen and oxygen atoms in total. The van der Waals surface area contributed by atoms with Crippen molar-refractivity contribution in [3.05, 3.63) is 65.2 Å². The van der Waals surface area contributed by atoms with Crippen molar-refractivity contribution in [2.75, 3.05) is 6.54 Å². The van der Waals surface area contributed by atoms with Crippen LogP contribution in [0, 0.1) is 12.7 Å². The molecular formula is C15H17FN2. The fraction of sp³-hybridized carbons (Fsp3) is 0.267. The lowest BCUT2D eigenvalue weighted by atomic mass is 9.99. The zero-order valence-electron chi connectivity index (χ0n) is 10.7. The average molecular weight is 244 g/mol. The van der Waals surface area contributed by atoms with E-state index in [4.69, 9.17) is 0 Å². The third-order valence-electron chi connectivity index (χ3n) is 2.95. The molecule has 0 amide bonds. The van der Waals surface area contributed by atoms with Gasteiger partial charge in [-0.05, 0) is 31.2 Å². The maximum atomic E-state index is 13.9. The van der Waals surface area contributed by atoms with Crippen molar-refractivity contribution in [2.24, 2.45) is 0 Å². The molecule has 0 saturated carbocycles. The van der Waals surface area contributed by atoms with E-state index in [-0.39, 0.29) is 11.9 Å². The van der Waals surface area contributed by atoms with Gasteiger partial charge in [-0.15, -0.1) is 0 Å². The first-order chi connectivity index (χ1) is 8.74. The summed E-state index contributed by atoms with van der Waals surface area (Å²) in [5.41, 5.74) is 2.58. The summed E-state index contributed by atoms with van der Waals surface area (Å²) in [6.07, 6.45) is 1.74. The molecule has 1 unspecified atom stereocenters. The van der Waals surface area contributed by atoms with Crippen LogP contribution in [-0.2, 0) is 0 Å². The van der Waals surface area contributed by atoms with E-state index in [9.17, 15) is 4.39 Å². The van der Waals surface area contributed by atoms with Crippen LogP contribution in [0.4, 0.5) is 4.39 Å². The number of hydrogen-bond donors (Lipinski definition) is 1. The van der Waals surface area contributed by atoms with Gasteiger partial charge in [0, 0.05) is 11.8 Å². The van der Waals surface area contributed by atoms with Crippen molar-refractivity contribution >= 4 is 0 Å². The predicted octanol–water partition coefficient (Wildman–Crippen LogP) is 3.23. The summed E-state index contributed by atoms with van der Waals surface area (Å²) in [7, 11) is 0. The van der Waals surface area contributed by atoms with E-state index >= 15 is 0 Å². The molecule has 1 atom stereocenters. The summed E-state index contributed by atoms with van der Waals surface area (Å²) >= 11 is 0. The summed E-state index contributed by atoms with van der Waals surface area (Å²) in [6, 6.07) is 10.5. The highest BCUT2D eigenvalue weighted by Crippen LogP contribution is 2.24. The number of nitrogens with one attached hydrogen (secondary N) is 1. The van der Waals surface area contributed by atoms with Crippen LogP contribution < -0.4 is 5.32 Å². The Kier molecular flexibility index (Phi) is 4.05. The summed E-state index contributed by atoms with van der Waals surface area (Å²) in [5.74, 6) is -0.200. The Morgan fingerprint density at radius 2 is 2.00 bits per heavy atom. The van der Waals surface area contributed by atoms with Crippen LogP contribution in [-0.4, -0.2) is 11.5 Å². The van der Waals surface area contributed by atoms with Gasteiger partial charge >= 0.3 is 0 Å². The zero-order valence-corrected chi connectivity index (χ0v) is 10.7. The van der Waals surface area contributed by atoms with Gasteiger partial charge in [-0.1, -0.05) is 31.2 Å². The Morgan fingerprint density at radius 1 is 1.22 bits per heavy atom. The molecule has 0 spiro atoms. The van der Waals surface area contributed by atoms with Crippen LogP contribution in [0.3, 0.4) is 0 Å². The maximum Gasteiger partial charge on any atom is 0.128 e. The van der Waals surface area contributed by atoms with Gasteiger partial charge in [0.25, 0.3) is 0 Å². The number of rotatable bonds is 4. The number of nitrogens with zero attached hydrogens (tertiary/aromatic N) is 1. The molecule has 0 bridgehead atoms. The molecule has 0 aliphatic heterocycles. The van der Waals surface area contributed by atoms with E-state index in [0.29, 0.717) is 5.56 Å². The second-order valence-electron chi connectivity index (χ2n) is 4.22. The molecule has 94 valence electrons. The van der Waals surface area contributed by atoms with Gasteiger partial charge in [-0.2, -0.15) is 0 Å². The molecule has 2 aromatic rings. The molecule has 0 fully saturated rings. The highest BCUT2D eigenvalue weighted by molar-refractivity contribution is 5.32. The lowest BCUT2D eigenvalue weighted by Gasteiger charge is -2.20. The van der Waals surface area contributed by atoms with Crippen molar-refractivity contribution in [2.45, 2.75) is 19.9 Å². The van der Waals surface area contributed by atoms with Crippen molar-refractivity contribution in [1.29, 1.82) is 0 Å². The average Bonchev–Trinajstić information content (AvgIpc) is 2.38. The van der Waals surface area contributed by atoms with Crippen LogP contribution in [0.1, 0.15) is 29.8 Å². The highest BCUT2D eigenvalue weighted by Gasteiger charge is 2.19. The monoisotopic (exact) mass is 244 g/mol. The minimum atomic E-state index is -0.200. The van der Waals surface area contributed by atoms with E-state index in [1.807, 2.05) is 32.0 Å². The number of aryl methyl sites for hydroxylation is 1. The van der Waals surface area contributed by atoms with Crippen LogP contribution in [0.2, 0.25) is 0 Å². The smallest absolute Gasteiger partial charge is 0.128 e. The lowest BCUT2D eigenvalue weighted by Crippen LogP contribution is -2.24. The summed E-state index contributed by atoms with van der Waals surface area (Å²) in [6.45, 7) is 4.76. The van der Waals surface area contributed by atoms with E-state index in [1.54, 1.807) is 18.3 Å². The fourth-order valence-electron chi connectivity index (χ4n) is 2.07. The molecule has 1 aromatic carbocycles. The summed E-state index contributed by atoms with van der Waals surface area (Å²) in [4.78, 5) is 4.39. The Hall–Kier alpha value is -1.74. The highest BCUT2D eigenvalue weighted by atomic mass is 19.1. The number of hydrogen-bond acceptors (Lipinski definition) is 2. The van der Waals surface area contributed by atoms with Crippen molar-refractivity contribution in [1.82, 2.24) is 10.3 Å². The topological polar surface area (TPSA) is 24.9 Å². The molecule has 2 rings (SSSR count). The minimum absolute atomic E-state index is 0.197. The third-order valence-corrected chi connectivity index (χ3v) is 2.95. The number of pyridine rings is 1. The molecule has 18 heavy (non-hydrogen) atoms. The van der Waals surface area contributed by atoms with Crippen LogP contribution in [0.5, 0.6) is 0 Å². The molecule has 0 aliphatic carbocycles. The van der Waals surface area contributed by atoms with Gasteiger partial charge in [0.05, 0.1) is 11.7 Å². The minimum Gasteiger partial charge on any atom is -0.305 e. The Bertz CT molecular complexity index is 480. The van der Waals surface area contributed by atoms with E-state index in [0.717, 1.165) is 17.8 Å². The number of benzene rings is 1. The molecule has 1 N–H and O–H groups in total. The molecule has 0 radical (unpaired) electrons. The van der Waals surface area contributed by atoms with Crippen molar-refractivity contribution < 1.29 is 4.39 Å². The van der Waals surface area contributed by atoms with E-state index < -0.39 is 0 Å². The molecule has 0 aliphatic rings. The molecule has 3 heteroatoms. The van der Waals surface area contributed by atoms with Gasteiger partial charge in [-0.3, -0.25) is 4.98 Å². The van der Waals surface area contributed by atoms with E-state index in [2.05, 4.69) is 10.3 Å². The van der Waals surface area contributed by atoms with Crippen LogP contribution >= 0.6 is 0 Å². The van der Waals surface area contributed by atoms with Gasteiger partial charge in [0.2, 0.25) is 0 Å². The molecule has 1 heterocycles. The molecule has 1 aromatic heterocycles. The number of halogens is 1. The summed E-state index contributed by atoms with van der Waals surface area (Å²) in [5, 5.41) is 3.29. The maximum absolute atomic E-state index is 13.9. The standard InChI is InChI=1S/C15H17FN2/c1-3-17-15(12-8-4-5-9-13(12)16)14-11(2)7-6-10-18-14/h4-10,15,17H,3H2,1-2H3. The Morgan fingerprint density at radius 3 is 2.67 bits per heavy atom. The second-order valence-corrected chi connectivity index (χ2v) is 4.22. The first-order valence-electron chi connectivity index (χ1n) is 6.13. The lowest BCUT2D eigenvalue weighted by molar-refractivity contribution is 0.550. The summed E-state index contributed by atoms with van der Waals surface area (Å²) < 4.78 is 13.9. The first kappa shape index (κ1) is 12.7. The third kappa shape index (κ3) is 2.57. The Labute approximate surface area is 107 Å². The van der Waals surface area contributed by atoms with Gasteiger partial charge < -0.3 is 5.32 Å². The first-order valence-corrected chi connectivity index (χ1v) is 6.13. The van der Waals surface area contributed by atoms with Crippen molar-refractivity contribution in [3.8, 4) is 0 Å². The fourth-order valence-corrected chi connectivity index (χ4v) is 2.07. The van der Waals surface area contributed by atoms with Gasteiger partial charge in [0.15, 0.2) is 0 Å². The van der Waals surface area contributed by atoms with Gasteiger partial charge in [-0.25, -0.2) is 4.39 Å². The number of aromatic nitrogens is 1. The predicted molar refractivity (Wildman–Crippen MR) is 70.9 cm³/mol. The largest absolute Gasteiger partial charge is 0.305 e. The van der Waals surface area contributed by atoms with E-state index in [1.165, 1.54) is 6.07 Å². The molecule has 0 saturated heterocycles.